The molecule has 8 heteroatoms. The van der Waals surface area contributed by atoms with Gasteiger partial charge in [0.15, 0.2) is 5.54 Å². The van der Waals surface area contributed by atoms with Crippen molar-refractivity contribution in [3.63, 3.8) is 0 Å². The number of likely N-dealkylation sites (tertiary alicyclic amines) is 1. The SMILES string of the molecule is CC1(C(=O)O)CCCCN1C(=O)C(C)(N)C(F)(F)F. The summed E-state index contributed by atoms with van der Waals surface area (Å²) in [7, 11) is 0. The molecule has 1 aliphatic rings. The summed E-state index contributed by atoms with van der Waals surface area (Å²) in [6, 6.07) is 0. The van der Waals surface area contributed by atoms with Crippen molar-refractivity contribution in [2.45, 2.75) is 50.4 Å². The molecule has 0 saturated carbocycles. The van der Waals surface area contributed by atoms with Crippen molar-refractivity contribution in [1.82, 2.24) is 4.90 Å². The lowest BCUT2D eigenvalue weighted by Gasteiger charge is -2.44. The normalized spacial score (nSPS) is 27.8. The number of alkyl halides is 3. The van der Waals surface area contributed by atoms with Crippen molar-refractivity contribution < 1.29 is 27.9 Å². The summed E-state index contributed by atoms with van der Waals surface area (Å²) >= 11 is 0. The van der Waals surface area contributed by atoms with Gasteiger partial charge in [0.25, 0.3) is 5.91 Å². The lowest BCUT2D eigenvalue weighted by Crippen LogP contribution is -2.68. The van der Waals surface area contributed by atoms with Gasteiger partial charge in [0.2, 0.25) is 0 Å². The topological polar surface area (TPSA) is 83.6 Å². The van der Waals surface area contributed by atoms with Crippen molar-refractivity contribution in [3.8, 4) is 0 Å². The molecule has 0 bridgehead atoms. The molecule has 19 heavy (non-hydrogen) atoms. The second-order valence-electron chi connectivity index (χ2n) is 5.19. The van der Waals surface area contributed by atoms with Crippen LogP contribution in [0.15, 0.2) is 0 Å². The van der Waals surface area contributed by atoms with Crippen LogP contribution in [0, 0.1) is 0 Å². The van der Waals surface area contributed by atoms with Crippen molar-refractivity contribution in [2.24, 2.45) is 5.73 Å². The average Bonchev–Trinajstić information content (AvgIpc) is 2.27. The van der Waals surface area contributed by atoms with E-state index in [0.717, 1.165) is 4.90 Å². The Balaban J connectivity index is 3.13. The molecule has 2 unspecified atom stereocenters. The minimum absolute atomic E-state index is 0.0372. The van der Waals surface area contributed by atoms with E-state index in [1.54, 1.807) is 0 Å². The Labute approximate surface area is 108 Å². The third kappa shape index (κ3) is 2.54. The van der Waals surface area contributed by atoms with Crippen LogP contribution in [0.2, 0.25) is 0 Å². The predicted molar refractivity (Wildman–Crippen MR) is 60.3 cm³/mol. The molecule has 1 fully saturated rings. The summed E-state index contributed by atoms with van der Waals surface area (Å²) in [5, 5.41) is 9.17. The van der Waals surface area contributed by atoms with Crippen LogP contribution in [-0.4, -0.2) is 45.7 Å². The highest BCUT2D eigenvalue weighted by molar-refractivity contribution is 5.92. The van der Waals surface area contributed by atoms with Crippen LogP contribution < -0.4 is 5.73 Å². The van der Waals surface area contributed by atoms with E-state index in [2.05, 4.69) is 0 Å². The van der Waals surface area contributed by atoms with Gasteiger partial charge in [-0.1, -0.05) is 0 Å². The van der Waals surface area contributed by atoms with Crippen molar-refractivity contribution in [1.29, 1.82) is 0 Å². The van der Waals surface area contributed by atoms with Crippen LogP contribution in [0.25, 0.3) is 0 Å². The van der Waals surface area contributed by atoms with Crippen LogP contribution in [-0.2, 0) is 9.59 Å². The first kappa shape index (κ1) is 15.7. The van der Waals surface area contributed by atoms with E-state index < -0.39 is 29.1 Å². The standard InChI is InChI=1S/C11H17F3N2O3/c1-9(8(18)19)5-3-4-6-16(9)7(17)10(2,15)11(12,13)14/h3-6,15H2,1-2H3,(H,18,19). The summed E-state index contributed by atoms with van der Waals surface area (Å²) in [6.07, 6.45) is -3.81. The molecule has 0 spiro atoms. The van der Waals surface area contributed by atoms with Gasteiger partial charge in [-0.05, 0) is 33.1 Å². The Bertz CT molecular complexity index is 395. The number of carboxylic acid groups (broad SMARTS) is 1. The Kier molecular flexibility index (Phi) is 3.86. The molecule has 0 aromatic rings. The number of rotatable bonds is 2. The Hall–Kier alpha value is -1.31. The molecule has 0 aliphatic carbocycles. The number of halogens is 3. The molecule has 0 aromatic carbocycles. The fourth-order valence-electron chi connectivity index (χ4n) is 2.07. The monoisotopic (exact) mass is 282 g/mol. The Morgan fingerprint density at radius 1 is 1.32 bits per heavy atom. The number of nitrogens with zero attached hydrogens (tertiary/aromatic N) is 1. The molecule has 1 rings (SSSR count). The second kappa shape index (κ2) is 4.66. The lowest BCUT2D eigenvalue weighted by atomic mass is 9.86. The molecule has 2 atom stereocenters. The Morgan fingerprint density at radius 2 is 1.84 bits per heavy atom. The molecule has 1 amide bonds. The van der Waals surface area contributed by atoms with E-state index in [4.69, 9.17) is 10.8 Å². The van der Waals surface area contributed by atoms with Gasteiger partial charge in [-0.2, -0.15) is 13.2 Å². The van der Waals surface area contributed by atoms with E-state index in [9.17, 15) is 22.8 Å². The molecule has 1 aliphatic heterocycles. The zero-order chi connectivity index (χ0) is 15.1. The highest BCUT2D eigenvalue weighted by Gasteiger charge is 2.58. The van der Waals surface area contributed by atoms with Crippen molar-refractivity contribution in [2.75, 3.05) is 6.54 Å². The molecular formula is C11H17F3N2O3. The third-order valence-corrected chi connectivity index (χ3v) is 3.63. The predicted octanol–water partition coefficient (Wildman–Crippen LogP) is 1.12. The average molecular weight is 282 g/mol. The number of amides is 1. The molecule has 0 radical (unpaired) electrons. The number of nitrogens with two attached hydrogens (primary N) is 1. The van der Waals surface area contributed by atoms with E-state index in [-0.39, 0.29) is 13.0 Å². The minimum atomic E-state index is -4.93. The minimum Gasteiger partial charge on any atom is -0.480 e. The van der Waals surface area contributed by atoms with E-state index in [1.165, 1.54) is 6.92 Å². The number of hydrogen-bond acceptors (Lipinski definition) is 3. The van der Waals surface area contributed by atoms with E-state index in [1.807, 2.05) is 0 Å². The largest absolute Gasteiger partial charge is 0.480 e. The van der Waals surface area contributed by atoms with Crippen LogP contribution in [0.3, 0.4) is 0 Å². The number of carbonyl (C=O) groups excluding carboxylic acids is 1. The van der Waals surface area contributed by atoms with Gasteiger partial charge < -0.3 is 15.7 Å². The summed E-state index contributed by atoms with van der Waals surface area (Å²) in [5.41, 5.74) is 0.360. The van der Waals surface area contributed by atoms with Crippen LogP contribution in [0.1, 0.15) is 33.1 Å². The van der Waals surface area contributed by atoms with Gasteiger partial charge in [0, 0.05) is 6.54 Å². The second-order valence-corrected chi connectivity index (χ2v) is 5.19. The number of carbonyl (C=O) groups is 2. The summed E-state index contributed by atoms with van der Waals surface area (Å²) in [4.78, 5) is 24.0. The Morgan fingerprint density at radius 3 is 2.26 bits per heavy atom. The van der Waals surface area contributed by atoms with Gasteiger partial charge >= 0.3 is 12.1 Å². The molecule has 1 saturated heterocycles. The van der Waals surface area contributed by atoms with Gasteiger partial charge in [-0.3, -0.25) is 4.79 Å². The molecule has 1 heterocycles. The molecule has 0 aromatic heterocycles. The quantitative estimate of drug-likeness (QED) is 0.795. The summed E-state index contributed by atoms with van der Waals surface area (Å²) < 4.78 is 38.3. The first-order valence-corrected chi connectivity index (χ1v) is 5.85. The molecule has 110 valence electrons. The van der Waals surface area contributed by atoms with Crippen LogP contribution in [0.4, 0.5) is 13.2 Å². The molecular weight excluding hydrogens is 265 g/mol. The fraction of sp³-hybridized carbons (Fsp3) is 0.818. The third-order valence-electron chi connectivity index (χ3n) is 3.63. The maximum Gasteiger partial charge on any atom is 0.415 e. The highest BCUT2D eigenvalue weighted by atomic mass is 19.4. The van der Waals surface area contributed by atoms with Crippen LogP contribution >= 0.6 is 0 Å². The number of hydrogen-bond donors (Lipinski definition) is 2. The zero-order valence-corrected chi connectivity index (χ0v) is 10.8. The molecule has 3 N–H and O–H groups in total. The van der Waals surface area contributed by atoms with Gasteiger partial charge in [0.1, 0.15) is 5.54 Å². The molecule has 5 nitrogen and oxygen atoms in total. The van der Waals surface area contributed by atoms with Gasteiger partial charge in [-0.15, -0.1) is 0 Å². The fourth-order valence-corrected chi connectivity index (χ4v) is 2.07. The zero-order valence-electron chi connectivity index (χ0n) is 10.8. The lowest BCUT2D eigenvalue weighted by molar-refractivity contribution is -0.200. The summed E-state index contributed by atoms with van der Waals surface area (Å²) in [6.45, 7) is 1.77. The number of carboxylic acids is 1. The smallest absolute Gasteiger partial charge is 0.415 e. The van der Waals surface area contributed by atoms with Gasteiger partial charge in [-0.25, -0.2) is 4.79 Å². The maximum atomic E-state index is 12.8. The van der Waals surface area contributed by atoms with Crippen LogP contribution in [0.5, 0.6) is 0 Å². The van der Waals surface area contributed by atoms with Gasteiger partial charge in [0.05, 0.1) is 0 Å². The number of piperidine rings is 1. The van der Waals surface area contributed by atoms with E-state index in [0.29, 0.717) is 19.8 Å². The van der Waals surface area contributed by atoms with E-state index >= 15 is 0 Å². The maximum absolute atomic E-state index is 12.8. The summed E-state index contributed by atoms with van der Waals surface area (Å²) in [5.74, 6) is -2.72. The first-order chi connectivity index (χ1) is 8.44. The number of aliphatic carboxylic acids is 1. The highest BCUT2D eigenvalue weighted by Crippen LogP contribution is 2.35. The van der Waals surface area contributed by atoms with Crippen molar-refractivity contribution in [3.05, 3.63) is 0 Å². The van der Waals surface area contributed by atoms with Crippen molar-refractivity contribution >= 4 is 11.9 Å². The first-order valence-electron chi connectivity index (χ1n) is 5.85.